The molecule has 0 aliphatic rings. The minimum atomic E-state index is 0.601. The minimum Gasteiger partial charge on any atom is -0.496 e. The molecule has 2 rings (SSSR count). The molecule has 5 nitrogen and oxygen atoms in total. The molecular formula is C13H17N3O2. The zero-order chi connectivity index (χ0) is 13.0. The van der Waals surface area contributed by atoms with Gasteiger partial charge in [0, 0.05) is 25.9 Å². The Kier molecular flexibility index (Phi) is 3.72. The smallest absolute Gasteiger partial charge is 0.148 e. The predicted octanol–water partition coefficient (Wildman–Crippen LogP) is 2.05. The molecule has 96 valence electrons. The second kappa shape index (κ2) is 5.44. The highest BCUT2D eigenvalue weighted by atomic mass is 16.5. The quantitative estimate of drug-likeness (QED) is 0.878. The number of hydrogen-bond donors (Lipinski definition) is 1. The molecule has 1 aromatic carbocycles. The first-order valence-electron chi connectivity index (χ1n) is 5.68. The van der Waals surface area contributed by atoms with Gasteiger partial charge in [-0.05, 0) is 12.1 Å². The molecule has 0 fully saturated rings. The van der Waals surface area contributed by atoms with Crippen LogP contribution in [-0.2, 0) is 13.6 Å². The van der Waals surface area contributed by atoms with Crippen molar-refractivity contribution < 1.29 is 9.47 Å². The molecule has 0 saturated carbocycles. The van der Waals surface area contributed by atoms with Gasteiger partial charge >= 0.3 is 0 Å². The van der Waals surface area contributed by atoms with Gasteiger partial charge in [0.15, 0.2) is 0 Å². The van der Waals surface area contributed by atoms with Crippen LogP contribution in [0.4, 0.5) is 5.82 Å². The Morgan fingerprint density at radius 3 is 2.33 bits per heavy atom. The van der Waals surface area contributed by atoms with Crippen LogP contribution in [0, 0.1) is 0 Å². The number of hydrogen-bond acceptors (Lipinski definition) is 4. The molecule has 0 aliphatic heterocycles. The Bertz CT molecular complexity index is 500. The monoisotopic (exact) mass is 247 g/mol. The maximum Gasteiger partial charge on any atom is 0.148 e. The van der Waals surface area contributed by atoms with Gasteiger partial charge in [0.05, 0.1) is 19.8 Å². The van der Waals surface area contributed by atoms with Crippen molar-refractivity contribution >= 4 is 5.82 Å². The van der Waals surface area contributed by atoms with Gasteiger partial charge in [-0.15, -0.1) is 0 Å². The van der Waals surface area contributed by atoms with E-state index >= 15 is 0 Å². The van der Waals surface area contributed by atoms with Crippen LogP contribution >= 0.6 is 0 Å². The van der Waals surface area contributed by atoms with E-state index in [9.17, 15) is 0 Å². The summed E-state index contributed by atoms with van der Waals surface area (Å²) in [5, 5.41) is 7.50. The van der Waals surface area contributed by atoms with E-state index in [2.05, 4.69) is 10.4 Å². The number of rotatable bonds is 5. The highest BCUT2D eigenvalue weighted by Crippen LogP contribution is 2.28. The molecule has 0 unspecified atom stereocenters. The van der Waals surface area contributed by atoms with Gasteiger partial charge in [-0.2, -0.15) is 5.10 Å². The zero-order valence-electron chi connectivity index (χ0n) is 10.8. The molecule has 1 aromatic heterocycles. The maximum absolute atomic E-state index is 5.34. The van der Waals surface area contributed by atoms with Crippen molar-refractivity contribution in [3.63, 3.8) is 0 Å². The second-order valence-electron chi connectivity index (χ2n) is 3.87. The molecule has 0 amide bonds. The summed E-state index contributed by atoms with van der Waals surface area (Å²) in [7, 11) is 5.19. The topological polar surface area (TPSA) is 48.3 Å². The Morgan fingerprint density at radius 2 is 1.83 bits per heavy atom. The molecule has 0 bridgehead atoms. The summed E-state index contributed by atoms with van der Waals surface area (Å²) in [6.45, 7) is 0.601. The Morgan fingerprint density at radius 1 is 1.17 bits per heavy atom. The molecule has 2 aromatic rings. The number of anilines is 1. The zero-order valence-corrected chi connectivity index (χ0v) is 10.8. The van der Waals surface area contributed by atoms with E-state index < -0.39 is 0 Å². The molecule has 0 atom stereocenters. The van der Waals surface area contributed by atoms with Gasteiger partial charge in [-0.1, -0.05) is 6.07 Å². The third kappa shape index (κ3) is 2.56. The predicted molar refractivity (Wildman–Crippen MR) is 70.1 cm³/mol. The standard InChI is InChI=1S/C13H17N3O2/c1-16-8-7-13(15-16)14-9-10-11(17-2)5-4-6-12(10)18-3/h4-8H,9H2,1-3H3,(H,14,15). The summed E-state index contributed by atoms with van der Waals surface area (Å²) >= 11 is 0. The van der Waals surface area contributed by atoms with E-state index in [-0.39, 0.29) is 0 Å². The first-order valence-corrected chi connectivity index (χ1v) is 5.68. The number of benzene rings is 1. The van der Waals surface area contributed by atoms with Crippen molar-refractivity contribution in [2.45, 2.75) is 6.54 Å². The fourth-order valence-corrected chi connectivity index (χ4v) is 1.79. The first kappa shape index (κ1) is 12.3. The SMILES string of the molecule is COc1cccc(OC)c1CNc1ccn(C)n1. The molecule has 0 aliphatic carbocycles. The van der Waals surface area contributed by atoms with Crippen LogP contribution in [0.25, 0.3) is 0 Å². The summed E-state index contributed by atoms with van der Waals surface area (Å²) in [6, 6.07) is 7.65. The van der Waals surface area contributed by atoms with E-state index in [1.165, 1.54) is 0 Å². The maximum atomic E-state index is 5.34. The lowest BCUT2D eigenvalue weighted by Crippen LogP contribution is -2.04. The van der Waals surface area contributed by atoms with E-state index in [0.717, 1.165) is 22.9 Å². The van der Waals surface area contributed by atoms with Crippen molar-refractivity contribution in [2.24, 2.45) is 7.05 Å². The molecule has 0 saturated heterocycles. The van der Waals surface area contributed by atoms with E-state index in [0.29, 0.717) is 6.54 Å². The van der Waals surface area contributed by atoms with Gasteiger partial charge in [-0.25, -0.2) is 0 Å². The van der Waals surface area contributed by atoms with Crippen LogP contribution in [0.3, 0.4) is 0 Å². The summed E-state index contributed by atoms with van der Waals surface area (Å²) in [5.74, 6) is 2.43. The lowest BCUT2D eigenvalue weighted by molar-refractivity contribution is 0.386. The molecule has 1 heterocycles. The van der Waals surface area contributed by atoms with Crippen LogP contribution in [-0.4, -0.2) is 24.0 Å². The number of ether oxygens (including phenoxy) is 2. The number of nitrogens with zero attached hydrogens (tertiary/aromatic N) is 2. The van der Waals surface area contributed by atoms with Gasteiger partial charge in [0.1, 0.15) is 17.3 Å². The molecule has 0 spiro atoms. The lowest BCUT2D eigenvalue weighted by atomic mass is 10.1. The van der Waals surface area contributed by atoms with Gasteiger partial charge < -0.3 is 14.8 Å². The van der Waals surface area contributed by atoms with Crippen molar-refractivity contribution in [1.82, 2.24) is 9.78 Å². The summed E-state index contributed by atoms with van der Waals surface area (Å²) < 4.78 is 12.4. The van der Waals surface area contributed by atoms with Crippen molar-refractivity contribution in [3.8, 4) is 11.5 Å². The molecule has 0 radical (unpaired) electrons. The highest BCUT2D eigenvalue weighted by molar-refractivity contribution is 5.47. The number of aromatic nitrogens is 2. The molecule has 1 N–H and O–H groups in total. The average molecular weight is 247 g/mol. The van der Waals surface area contributed by atoms with Gasteiger partial charge in [0.25, 0.3) is 0 Å². The highest BCUT2D eigenvalue weighted by Gasteiger charge is 2.09. The fourth-order valence-electron chi connectivity index (χ4n) is 1.79. The second-order valence-corrected chi connectivity index (χ2v) is 3.87. The fraction of sp³-hybridized carbons (Fsp3) is 0.308. The minimum absolute atomic E-state index is 0.601. The van der Waals surface area contributed by atoms with Crippen LogP contribution in [0.2, 0.25) is 0 Å². The third-order valence-electron chi connectivity index (χ3n) is 2.69. The number of methoxy groups -OCH3 is 2. The summed E-state index contributed by atoms with van der Waals surface area (Å²) in [6.07, 6.45) is 1.89. The first-order chi connectivity index (χ1) is 8.74. The van der Waals surface area contributed by atoms with Crippen LogP contribution in [0.15, 0.2) is 30.5 Å². The van der Waals surface area contributed by atoms with E-state index in [4.69, 9.17) is 9.47 Å². The van der Waals surface area contributed by atoms with E-state index in [1.807, 2.05) is 37.5 Å². The summed E-state index contributed by atoms with van der Waals surface area (Å²) in [4.78, 5) is 0. The van der Waals surface area contributed by atoms with Gasteiger partial charge in [0.2, 0.25) is 0 Å². The van der Waals surface area contributed by atoms with Crippen LogP contribution in [0.1, 0.15) is 5.56 Å². The number of aryl methyl sites for hydroxylation is 1. The van der Waals surface area contributed by atoms with Gasteiger partial charge in [-0.3, -0.25) is 4.68 Å². The van der Waals surface area contributed by atoms with Crippen molar-refractivity contribution in [1.29, 1.82) is 0 Å². The number of nitrogens with one attached hydrogen (secondary N) is 1. The third-order valence-corrected chi connectivity index (χ3v) is 2.69. The van der Waals surface area contributed by atoms with Crippen LogP contribution in [0.5, 0.6) is 11.5 Å². The lowest BCUT2D eigenvalue weighted by Gasteiger charge is -2.13. The van der Waals surface area contributed by atoms with E-state index in [1.54, 1.807) is 18.9 Å². The Labute approximate surface area is 106 Å². The molecule has 5 heteroatoms. The van der Waals surface area contributed by atoms with Crippen molar-refractivity contribution in [2.75, 3.05) is 19.5 Å². The molecule has 18 heavy (non-hydrogen) atoms. The average Bonchev–Trinajstić information content (AvgIpc) is 2.81. The Hall–Kier alpha value is -2.17. The largest absolute Gasteiger partial charge is 0.496 e. The van der Waals surface area contributed by atoms with Crippen molar-refractivity contribution in [3.05, 3.63) is 36.0 Å². The van der Waals surface area contributed by atoms with Crippen LogP contribution < -0.4 is 14.8 Å². The normalized spacial score (nSPS) is 10.2. The molecular weight excluding hydrogens is 230 g/mol. The summed E-state index contributed by atoms with van der Waals surface area (Å²) in [5.41, 5.74) is 0.980. The Balaban J connectivity index is 2.17.